The molecule has 110 valence electrons. The van der Waals surface area contributed by atoms with Crippen molar-refractivity contribution in [3.05, 3.63) is 24.3 Å². The molecule has 1 aromatic rings. The molecule has 1 rings (SSSR count). The molecule has 1 unspecified atom stereocenters. The van der Waals surface area contributed by atoms with Crippen LogP contribution < -0.4 is 15.0 Å². The van der Waals surface area contributed by atoms with Gasteiger partial charge in [-0.15, -0.1) is 0 Å². The summed E-state index contributed by atoms with van der Waals surface area (Å²) in [5, 5.41) is 11.4. The van der Waals surface area contributed by atoms with E-state index in [0.717, 1.165) is 11.4 Å². The van der Waals surface area contributed by atoms with Crippen molar-refractivity contribution in [2.45, 2.75) is 13.3 Å². The Balaban J connectivity index is 2.51. The van der Waals surface area contributed by atoms with Crippen LogP contribution in [0.4, 0.5) is 10.5 Å². The molecule has 6 heteroatoms. The minimum atomic E-state index is -0.866. The molecule has 6 nitrogen and oxygen atoms in total. The lowest BCUT2D eigenvalue weighted by Crippen LogP contribution is -2.39. The van der Waals surface area contributed by atoms with Gasteiger partial charge < -0.3 is 15.2 Å². The first-order valence-corrected chi connectivity index (χ1v) is 6.31. The van der Waals surface area contributed by atoms with Gasteiger partial charge in [0.2, 0.25) is 0 Å². The molecule has 0 saturated heterocycles. The number of benzene rings is 1. The largest absolute Gasteiger partial charge is 0.497 e. The fourth-order valence-electron chi connectivity index (χ4n) is 1.67. The van der Waals surface area contributed by atoms with Crippen molar-refractivity contribution in [3.8, 4) is 5.75 Å². The molecule has 0 heterocycles. The van der Waals surface area contributed by atoms with Crippen molar-refractivity contribution >= 4 is 17.7 Å². The summed E-state index contributed by atoms with van der Waals surface area (Å²) in [4.78, 5) is 23.9. The summed E-state index contributed by atoms with van der Waals surface area (Å²) in [5.74, 6) is -0.256. The summed E-state index contributed by atoms with van der Waals surface area (Å²) < 4.78 is 5.05. The van der Waals surface area contributed by atoms with E-state index in [0.29, 0.717) is 6.54 Å². The van der Waals surface area contributed by atoms with Crippen LogP contribution in [0.2, 0.25) is 0 Å². The number of anilines is 1. The third-order valence-corrected chi connectivity index (χ3v) is 2.89. The van der Waals surface area contributed by atoms with Gasteiger partial charge in [-0.1, -0.05) is 6.92 Å². The number of ether oxygens (including phenoxy) is 1. The maximum atomic E-state index is 11.9. The molecule has 0 radical (unpaired) electrons. The van der Waals surface area contributed by atoms with Crippen molar-refractivity contribution in [1.82, 2.24) is 5.32 Å². The van der Waals surface area contributed by atoms with Crippen LogP contribution in [0.5, 0.6) is 5.75 Å². The van der Waals surface area contributed by atoms with Gasteiger partial charge in [0, 0.05) is 25.7 Å². The van der Waals surface area contributed by atoms with Gasteiger partial charge in [-0.3, -0.25) is 9.69 Å². The maximum absolute atomic E-state index is 11.9. The molecule has 2 N–H and O–H groups in total. The maximum Gasteiger partial charge on any atom is 0.321 e. The van der Waals surface area contributed by atoms with Crippen molar-refractivity contribution in [2.24, 2.45) is 5.92 Å². The van der Waals surface area contributed by atoms with Crippen LogP contribution in [-0.2, 0) is 4.79 Å². The topological polar surface area (TPSA) is 78.9 Å². The first-order chi connectivity index (χ1) is 9.43. The number of nitrogens with zero attached hydrogens (tertiary/aromatic N) is 1. The van der Waals surface area contributed by atoms with Gasteiger partial charge in [-0.05, 0) is 30.2 Å². The highest BCUT2D eigenvalue weighted by Crippen LogP contribution is 2.18. The molecule has 0 aliphatic rings. The van der Waals surface area contributed by atoms with E-state index in [1.54, 1.807) is 45.3 Å². The molecule has 0 aliphatic carbocycles. The smallest absolute Gasteiger partial charge is 0.321 e. The number of carboxylic acids is 1. The first-order valence-electron chi connectivity index (χ1n) is 6.31. The van der Waals surface area contributed by atoms with E-state index in [-0.39, 0.29) is 18.4 Å². The number of aliphatic carboxylic acids is 1. The predicted molar refractivity (Wildman–Crippen MR) is 76.2 cm³/mol. The zero-order chi connectivity index (χ0) is 15.1. The van der Waals surface area contributed by atoms with Crippen LogP contribution in [0.25, 0.3) is 0 Å². The van der Waals surface area contributed by atoms with E-state index in [1.165, 1.54) is 4.90 Å². The van der Waals surface area contributed by atoms with Crippen LogP contribution in [0.1, 0.15) is 13.3 Å². The summed E-state index contributed by atoms with van der Waals surface area (Å²) in [6.45, 7) is 2.10. The molecule has 0 spiro atoms. The standard InChI is InChI=1S/C14H20N2O4/c1-10(8-13(17)18)9-15-14(19)16(2)11-4-6-12(20-3)7-5-11/h4-7,10H,8-9H2,1-3H3,(H,15,19)(H,17,18). The monoisotopic (exact) mass is 280 g/mol. The van der Waals surface area contributed by atoms with Crippen LogP contribution in [0, 0.1) is 5.92 Å². The van der Waals surface area contributed by atoms with E-state index in [1.807, 2.05) is 0 Å². The SMILES string of the molecule is COc1ccc(N(C)C(=O)NCC(C)CC(=O)O)cc1. The average Bonchev–Trinajstić information content (AvgIpc) is 2.43. The molecular formula is C14H20N2O4. The molecular weight excluding hydrogens is 260 g/mol. The third kappa shape index (κ3) is 4.79. The van der Waals surface area contributed by atoms with E-state index in [2.05, 4.69) is 5.32 Å². The summed E-state index contributed by atoms with van der Waals surface area (Å²) in [7, 11) is 3.23. The summed E-state index contributed by atoms with van der Waals surface area (Å²) in [6.07, 6.45) is 0.0343. The molecule has 0 fully saturated rings. The average molecular weight is 280 g/mol. The van der Waals surface area contributed by atoms with Gasteiger partial charge in [-0.25, -0.2) is 4.79 Å². The van der Waals surface area contributed by atoms with Gasteiger partial charge in [-0.2, -0.15) is 0 Å². The second kappa shape index (κ2) is 7.37. The molecule has 2 amide bonds. The lowest BCUT2D eigenvalue weighted by molar-refractivity contribution is -0.137. The highest BCUT2D eigenvalue weighted by Gasteiger charge is 2.13. The number of rotatable bonds is 6. The molecule has 0 saturated carbocycles. The van der Waals surface area contributed by atoms with Gasteiger partial charge in [0.05, 0.1) is 7.11 Å². The summed E-state index contributed by atoms with van der Waals surface area (Å²) >= 11 is 0. The normalized spacial score (nSPS) is 11.6. The van der Waals surface area contributed by atoms with E-state index in [4.69, 9.17) is 9.84 Å². The zero-order valence-electron chi connectivity index (χ0n) is 11.9. The molecule has 1 aromatic carbocycles. The van der Waals surface area contributed by atoms with E-state index >= 15 is 0 Å². The van der Waals surface area contributed by atoms with Crippen molar-refractivity contribution in [2.75, 3.05) is 25.6 Å². The molecule has 0 aliphatic heterocycles. The summed E-state index contributed by atoms with van der Waals surface area (Å²) in [5.41, 5.74) is 0.731. The fraction of sp³-hybridized carbons (Fsp3) is 0.429. The zero-order valence-corrected chi connectivity index (χ0v) is 11.9. The van der Waals surface area contributed by atoms with E-state index < -0.39 is 5.97 Å². The van der Waals surface area contributed by atoms with Gasteiger partial charge >= 0.3 is 12.0 Å². The minimum absolute atomic E-state index is 0.0343. The van der Waals surface area contributed by atoms with Gasteiger partial charge in [0.1, 0.15) is 5.75 Å². The van der Waals surface area contributed by atoms with Crippen LogP contribution in [0.15, 0.2) is 24.3 Å². The van der Waals surface area contributed by atoms with Crippen molar-refractivity contribution < 1.29 is 19.4 Å². The number of hydrogen-bond donors (Lipinski definition) is 2. The quantitative estimate of drug-likeness (QED) is 0.834. The van der Waals surface area contributed by atoms with Crippen molar-refractivity contribution in [1.29, 1.82) is 0 Å². The van der Waals surface area contributed by atoms with Crippen molar-refractivity contribution in [3.63, 3.8) is 0 Å². The Labute approximate surface area is 118 Å². The number of hydrogen-bond acceptors (Lipinski definition) is 3. The predicted octanol–water partition coefficient (Wildman–Crippen LogP) is 1.95. The molecule has 0 aromatic heterocycles. The number of carbonyl (C=O) groups is 2. The Morgan fingerprint density at radius 3 is 2.45 bits per heavy atom. The number of carbonyl (C=O) groups excluding carboxylic acids is 1. The number of amides is 2. The van der Waals surface area contributed by atoms with Gasteiger partial charge in [0.25, 0.3) is 0 Å². The number of carboxylic acid groups (broad SMARTS) is 1. The Hall–Kier alpha value is -2.24. The Bertz CT molecular complexity index is 459. The number of nitrogens with one attached hydrogen (secondary N) is 1. The fourth-order valence-corrected chi connectivity index (χ4v) is 1.67. The highest BCUT2D eigenvalue weighted by molar-refractivity contribution is 5.91. The first kappa shape index (κ1) is 15.8. The molecule has 1 atom stereocenters. The third-order valence-electron chi connectivity index (χ3n) is 2.89. The Morgan fingerprint density at radius 2 is 1.95 bits per heavy atom. The highest BCUT2D eigenvalue weighted by atomic mass is 16.5. The number of methoxy groups -OCH3 is 1. The molecule has 0 bridgehead atoms. The summed E-state index contributed by atoms with van der Waals surface area (Å²) in [6, 6.07) is 6.82. The van der Waals surface area contributed by atoms with E-state index in [9.17, 15) is 9.59 Å². The van der Waals surface area contributed by atoms with Gasteiger partial charge in [0.15, 0.2) is 0 Å². The number of urea groups is 1. The lowest BCUT2D eigenvalue weighted by atomic mass is 10.1. The second-order valence-corrected chi connectivity index (χ2v) is 4.65. The van der Waals surface area contributed by atoms with Crippen LogP contribution in [-0.4, -0.2) is 37.8 Å². The lowest BCUT2D eigenvalue weighted by Gasteiger charge is -2.19. The Kier molecular flexibility index (Phi) is 5.83. The minimum Gasteiger partial charge on any atom is -0.497 e. The molecule has 20 heavy (non-hydrogen) atoms. The second-order valence-electron chi connectivity index (χ2n) is 4.65. The Morgan fingerprint density at radius 1 is 1.35 bits per heavy atom. The van der Waals surface area contributed by atoms with Crippen LogP contribution >= 0.6 is 0 Å². The van der Waals surface area contributed by atoms with Crippen LogP contribution in [0.3, 0.4) is 0 Å².